The maximum Gasteiger partial charge on any atom is 0.268 e. The van der Waals surface area contributed by atoms with Crippen LogP contribution in [0.2, 0.25) is 5.02 Å². The predicted molar refractivity (Wildman–Crippen MR) is 77.7 cm³/mol. The van der Waals surface area contributed by atoms with Crippen LogP contribution >= 0.6 is 11.6 Å². The normalized spacial score (nSPS) is 14.5. The predicted octanol–water partition coefficient (Wildman–Crippen LogP) is 3.00. The van der Waals surface area contributed by atoms with Gasteiger partial charge in [0, 0.05) is 24.4 Å². The number of hydrogen-bond donors (Lipinski definition) is 2. The summed E-state index contributed by atoms with van der Waals surface area (Å²) in [6.07, 6.45) is 3.05. The molecule has 0 fully saturated rings. The third kappa shape index (κ3) is 3.98. The lowest BCUT2D eigenvalue weighted by molar-refractivity contribution is 0.0875. The van der Waals surface area contributed by atoms with Gasteiger partial charge in [0.25, 0.3) is 5.91 Å². The fourth-order valence-corrected chi connectivity index (χ4v) is 2.18. The molecule has 1 unspecified atom stereocenters. The summed E-state index contributed by atoms with van der Waals surface area (Å²) in [5.41, 5.74) is 0.155. The number of aliphatic hydroxyl groups is 1. The quantitative estimate of drug-likeness (QED) is 0.845. The second kappa shape index (κ2) is 6.44. The second-order valence-corrected chi connectivity index (χ2v) is 5.82. The minimum absolute atomic E-state index is 0.0522. The zero-order chi connectivity index (χ0) is 14.6. The maximum absolute atomic E-state index is 12.4. The van der Waals surface area contributed by atoms with Crippen molar-refractivity contribution < 1.29 is 9.90 Å². The monoisotopic (exact) mass is 286 g/mol. The molecule has 5 heteroatoms. The van der Waals surface area contributed by atoms with Gasteiger partial charge in [-0.2, -0.15) is 0 Å². The number of halogens is 1. The molecule has 0 saturated carbocycles. The van der Waals surface area contributed by atoms with Gasteiger partial charge in [-0.05, 0) is 39.7 Å². The molecule has 0 bridgehead atoms. The summed E-state index contributed by atoms with van der Waals surface area (Å²) in [6, 6.07) is 1.84. The molecule has 0 spiro atoms. The van der Waals surface area contributed by atoms with Crippen LogP contribution in [-0.4, -0.2) is 27.7 Å². The van der Waals surface area contributed by atoms with E-state index < -0.39 is 5.54 Å². The van der Waals surface area contributed by atoms with Crippen molar-refractivity contribution >= 4 is 17.5 Å². The van der Waals surface area contributed by atoms with Crippen LogP contribution in [0.4, 0.5) is 0 Å². The summed E-state index contributed by atoms with van der Waals surface area (Å²) >= 11 is 5.98. The maximum atomic E-state index is 12.4. The van der Waals surface area contributed by atoms with Crippen molar-refractivity contribution in [3.8, 4) is 0 Å². The summed E-state index contributed by atoms with van der Waals surface area (Å²) in [5, 5.41) is 12.6. The standard InChI is InChI=1S/C14H23ClN2O2/c1-5-14(4,6-7-18)16-13(19)12-8-11(15)9-17(12)10(2)3/h8-10,18H,5-7H2,1-4H3,(H,16,19). The van der Waals surface area contributed by atoms with Gasteiger partial charge in [0.2, 0.25) is 0 Å². The van der Waals surface area contributed by atoms with Gasteiger partial charge in [-0.25, -0.2) is 0 Å². The van der Waals surface area contributed by atoms with Gasteiger partial charge in [-0.1, -0.05) is 18.5 Å². The number of nitrogens with zero attached hydrogens (tertiary/aromatic N) is 1. The van der Waals surface area contributed by atoms with E-state index in [0.717, 1.165) is 6.42 Å². The average molecular weight is 287 g/mol. The molecule has 0 aromatic carbocycles. The molecule has 2 N–H and O–H groups in total. The fraction of sp³-hybridized carbons (Fsp3) is 0.643. The molecule has 0 saturated heterocycles. The molecule has 0 aliphatic heterocycles. The summed E-state index contributed by atoms with van der Waals surface area (Å²) in [7, 11) is 0. The van der Waals surface area contributed by atoms with Crippen molar-refractivity contribution in [2.75, 3.05) is 6.61 Å². The Morgan fingerprint density at radius 3 is 2.68 bits per heavy atom. The number of rotatable bonds is 6. The number of aromatic nitrogens is 1. The number of nitrogens with one attached hydrogen (secondary N) is 1. The molecular formula is C14H23ClN2O2. The SMILES string of the molecule is CCC(C)(CCO)NC(=O)c1cc(Cl)cn1C(C)C. The van der Waals surface area contributed by atoms with Crippen LogP contribution in [0.5, 0.6) is 0 Å². The number of amides is 1. The van der Waals surface area contributed by atoms with Crippen molar-refractivity contribution in [1.82, 2.24) is 9.88 Å². The Morgan fingerprint density at radius 1 is 1.58 bits per heavy atom. The molecule has 1 aromatic rings. The van der Waals surface area contributed by atoms with Gasteiger partial charge in [0.15, 0.2) is 0 Å². The van der Waals surface area contributed by atoms with Crippen LogP contribution in [0.25, 0.3) is 0 Å². The first-order valence-electron chi connectivity index (χ1n) is 6.63. The van der Waals surface area contributed by atoms with E-state index in [1.807, 2.05) is 32.3 Å². The lowest BCUT2D eigenvalue weighted by Crippen LogP contribution is -2.46. The Morgan fingerprint density at radius 2 is 2.21 bits per heavy atom. The number of hydrogen-bond acceptors (Lipinski definition) is 2. The smallest absolute Gasteiger partial charge is 0.268 e. The van der Waals surface area contributed by atoms with Crippen molar-refractivity contribution in [2.24, 2.45) is 0 Å². The molecule has 19 heavy (non-hydrogen) atoms. The molecule has 1 amide bonds. The molecule has 0 radical (unpaired) electrons. The molecule has 108 valence electrons. The molecule has 1 heterocycles. The lowest BCUT2D eigenvalue weighted by Gasteiger charge is -2.29. The van der Waals surface area contributed by atoms with Crippen LogP contribution in [-0.2, 0) is 0 Å². The molecule has 1 aromatic heterocycles. The molecular weight excluding hydrogens is 264 g/mol. The van der Waals surface area contributed by atoms with E-state index in [-0.39, 0.29) is 18.6 Å². The van der Waals surface area contributed by atoms with E-state index >= 15 is 0 Å². The van der Waals surface area contributed by atoms with E-state index in [1.165, 1.54) is 0 Å². The van der Waals surface area contributed by atoms with Gasteiger partial charge < -0.3 is 15.0 Å². The van der Waals surface area contributed by atoms with Crippen LogP contribution in [0.1, 0.15) is 57.1 Å². The first-order valence-corrected chi connectivity index (χ1v) is 7.01. The summed E-state index contributed by atoms with van der Waals surface area (Å²) in [4.78, 5) is 12.4. The van der Waals surface area contributed by atoms with Crippen LogP contribution in [0.3, 0.4) is 0 Å². The van der Waals surface area contributed by atoms with Gasteiger partial charge in [-0.15, -0.1) is 0 Å². The molecule has 0 aliphatic rings. The minimum atomic E-state index is -0.398. The minimum Gasteiger partial charge on any atom is -0.396 e. The van der Waals surface area contributed by atoms with Gasteiger partial charge in [0.05, 0.1) is 5.02 Å². The molecule has 0 aliphatic carbocycles. The third-order valence-corrected chi connectivity index (χ3v) is 3.67. The number of carbonyl (C=O) groups is 1. The van der Waals surface area contributed by atoms with Crippen LogP contribution in [0.15, 0.2) is 12.3 Å². The third-order valence-electron chi connectivity index (χ3n) is 3.46. The first-order chi connectivity index (χ1) is 8.83. The topological polar surface area (TPSA) is 54.3 Å². The highest BCUT2D eigenvalue weighted by Crippen LogP contribution is 2.21. The summed E-state index contributed by atoms with van der Waals surface area (Å²) in [5.74, 6) is -0.154. The van der Waals surface area contributed by atoms with Crippen molar-refractivity contribution in [1.29, 1.82) is 0 Å². The van der Waals surface area contributed by atoms with Crippen molar-refractivity contribution in [2.45, 2.75) is 52.1 Å². The second-order valence-electron chi connectivity index (χ2n) is 5.39. The van der Waals surface area contributed by atoms with E-state index in [4.69, 9.17) is 16.7 Å². The Kier molecular flexibility index (Phi) is 5.44. The van der Waals surface area contributed by atoms with Crippen LogP contribution < -0.4 is 5.32 Å². The highest BCUT2D eigenvalue weighted by atomic mass is 35.5. The van der Waals surface area contributed by atoms with Gasteiger partial charge >= 0.3 is 0 Å². The molecule has 1 rings (SSSR count). The van der Waals surface area contributed by atoms with E-state index in [1.54, 1.807) is 12.3 Å². The highest BCUT2D eigenvalue weighted by molar-refractivity contribution is 6.31. The van der Waals surface area contributed by atoms with Crippen molar-refractivity contribution in [3.63, 3.8) is 0 Å². The highest BCUT2D eigenvalue weighted by Gasteiger charge is 2.26. The first kappa shape index (κ1) is 16.1. The molecule has 4 nitrogen and oxygen atoms in total. The summed E-state index contributed by atoms with van der Waals surface area (Å²) < 4.78 is 1.85. The Balaban J connectivity index is 2.94. The van der Waals surface area contributed by atoms with Crippen LogP contribution in [0, 0.1) is 0 Å². The zero-order valence-corrected chi connectivity index (χ0v) is 12.8. The number of aliphatic hydroxyl groups excluding tert-OH is 1. The Labute approximate surface area is 119 Å². The largest absolute Gasteiger partial charge is 0.396 e. The fourth-order valence-electron chi connectivity index (χ4n) is 1.97. The lowest BCUT2D eigenvalue weighted by atomic mass is 9.94. The van der Waals surface area contributed by atoms with E-state index in [2.05, 4.69) is 5.32 Å². The molecule has 1 atom stereocenters. The van der Waals surface area contributed by atoms with Crippen molar-refractivity contribution in [3.05, 3.63) is 23.0 Å². The van der Waals surface area contributed by atoms with E-state index in [9.17, 15) is 4.79 Å². The van der Waals surface area contributed by atoms with Gasteiger partial charge in [0.1, 0.15) is 5.69 Å². The van der Waals surface area contributed by atoms with E-state index in [0.29, 0.717) is 17.1 Å². The zero-order valence-electron chi connectivity index (χ0n) is 12.0. The Hall–Kier alpha value is -1.00. The van der Waals surface area contributed by atoms with Gasteiger partial charge in [-0.3, -0.25) is 4.79 Å². The summed E-state index contributed by atoms with van der Waals surface area (Å²) in [6.45, 7) is 7.98. The average Bonchev–Trinajstić information content (AvgIpc) is 2.72. The number of carbonyl (C=O) groups excluding carboxylic acids is 1. The Bertz CT molecular complexity index is 443.